The van der Waals surface area contributed by atoms with Crippen LogP contribution in [0.5, 0.6) is 0 Å². The van der Waals surface area contributed by atoms with Crippen molar-refractivity contribution in [3.05, 3.63) is 35.5 Å². The molecule has 22 heavy (non-hydrogen) atoms. The van der Waals surface area contributed by atoms with Crippen LogP contribution in [-0.2, 0) is 4.79 Å². The first-order chi connectivity index (χ1) is 10.7. The standard InChI is InChI=1S/C15H19N5OS/c16-13(21)9-20-7-3-4-11(8-20)12-10-22-15(18-12)19-14-5-1-2-6-17-14/h1-2,5-6,10-11H,3-4,7-9H2,(H2,16,21)(H,17,18,19)/t11-/m1/s1. The van der Waals surface area contributed by atoms with Crippen molar-refractivity contribution in [2.24, 2.45) is 5.73 Å². The van der Waals surface area contributed by atoms with Gasteiger partial charge in [0.25, 0.3) is 0 Å². The summed E-state index contributed by atoms with van der Waals surface area (Å²) < 4.78 is 0. The number of amides is 1. The average Bonchev–Trinajstić information content (AvgIpc) is 2.96. The number of rotatable bonds is 5. The molecule has 1 saturated heterocycles. The van der Waals surface area contributed by atoms with Crippen molar-refractivity contribution in [1.82, 2.24) is 14.9 Å². The van der Waals surface area contributed by atoms with Gasteiger partial charge in [-0.25, -0.2) is 9.97 Å². The summed E-state index contributed by atoms with van der Waals surface area (Å²) in [6.07, 6.45) is 3.92. The Morgan fingerprint density at radius 3 is 3.18 bits per heavy atom. The lowest BCUT2D eigenvalue weighted by Crippen LogP contribution is -2.40. The fourth-order valence-electron chi connectivity index (χ4n) is 2.74. The molecule has 1 atom stereocenters. The van der Waals surface area contributed by atoms with Gasteiger partial charge in [-0.05, 0) is 31.5 Å². The van der Waals surface area contributed by atoms with Crippen LogP contribution in [0, 0.1) is 0 Å². The number of aromatic nitrogens is 2. The quantitative estimate of drug-likeness (QED) is 0.880. The summed E-state index contributed by atoms with van der Waals surface area (Å²) in [5.41, 5.74) is 6.37. The molecule has 0 aliphatic carbocycles. The van der Waals surface area contributed by atoms with Crippen molar-refractivity contribution in [3.63, 3.8) is 0 Å². The number of hydrogen-bond donors (Lipinski definition) is 2. The SMILES string of the molecule is NC(=O)CN1CCC[C@@H](c2csc(Nc3ccccn3)n2)C1. The van der Waals surface area contributed by atoms with Crippen LogP contribution in [-0.4, -0.2) is 40.4 Å². The van der Waals surface area contributed by atoms with Gasteiger partial charge in [0.15, 0.2) is 5.13 Å². The molecule has 1 fully saturated rings. The van der Waals surface area contributed by atoms with E-state index in [-0.39, 0.29) is 5.91 Å². The van der Waals surface area contributed by atoms with E-state index in [2.05, 4.69) is 25.6 Å². The summed E-state index contributed by atoms with van der Waals surface area (Å²) in [6.45, 7) is 2.11. The lowest BCUT2D eigenvalue weighted by Gasteiger charge is -2.30. The Labute approximate surface area is 133 Å². The fraction of sp³-hybridized carbons (Fsp3) is 0.400. The number of carbonyl (C=O) groups is 1. The topological polar surface area (TPSA) is 84.1 Å². The van der Waals surface area contributed by atoms with Gasteiger partial charge in [-0.1, -0.05) is 6.07 Å². The number of pyridine rings is 1. The third-order valence-corrected chi connectivity index (χ3v) is 4.50. The first-order valence-corrected chi connectivity index (χ1v) is 8.23. The first kappa shape index (κ1) is 14.9. The van der Waals surface area contributed by atoms with Crippen LogP contribution >= 0.6 is 11.3 Å². The summed E-state index contributed by atoms with van der Waals surface area (Å²) in [6, 6.07) is 5.73. The van der Waals surface area contributed by atoms with Gasteiger partial charge < -0.3 is 11.1 Å². The maximum absolute atomic E-state index is 11.1. The smallest absolute Gasteiger partial charge is 0.231 e. The number of primary amides is 1. The van der Waals surface area contributed by atoms with E-state index < -0.39 is 0 Å². The van der Waals surface area contributed by atoms with Crippen molar-refractivity contribution in [3.8, 4) is 0 Å². The third-order valence-electron chi connectivity index (χ3n) is 3.73. The molecule has 2 aromatic rings. The maximum Gasteiger partial charge on any atom is 0.231 e. The van der Waals surface area contributed by atoms with Gasteiger partial charge in [-0.3, -0.25) is 9.69 Å². The largest absolute Gasteiger partial charge is 0.369 e. The highest BCUT2D eigenvalue weighted by molar-refractivity contribution is 7.13. The number of piperidine rings is 1. The monoisotopic (exact) mass is 317 g/mol. The fourth-order valence-corrected chi connectivity index (χ4v) is 3.54. The zero-order valence-electron chi connectivity index (χ0n) is 12.2. The van der Waals surface area contributed by atoms with Crippen molar-refractivity contribution in [2.75, 3.05) is 25.0 Å². The second kappa shape index (κ2) is 6.85. The van der Waals surface area contributed by atoms with Crippen LogP contribution < -0.4 is 11.1 Å². The van der Waals surface area contributed by atoms with Crippen molar-refractivity contribution >= 4 is 28.2 Å². The Balaban J connectivity index is 1.64. The second-order valence-corrected chi connectivity index (χ2v) is 6.32. The number of carbonyl (C=O) groups excluding carboxylic acids is 1. The van der Waals surface area contributed by atoms with Gasteiger partial charge in [0.1, 0.15) is 5.82 Å². The Kier molecular flexibility index (Phi) is 4.65. The number of nitrogens with zero attached hydrogens (tertiary/aromatic N) is 3. The molecule has 7 heteroatoms. The van der Waals surface area contributed by atoms with E-state index in [1.165, 1.54) is 0 Å². The van der Waals surface area contributed by atoms with Gasteiger partial charge in [0.05, 0.1) is 12.2 Å². The van der Waals surface area contributed by atoms with E-state index in [0.29, 0.717) is 12.5 Å². The second-order valence-electron chi connectivity index (χ2n) is 5.46. The summed E-state index contributed by atoms with van der Waals surface area (Å²) in [5, 5.41) is 6.15. The number of hydrogen-bond acceptors (Lipinski definition) is 6. The third kappa shape index (κ3) is 3.80. The van der Waals surface area contributed by atoms with Gasteiger partial charge in [0.2, 0.25) is 5.91 Å². The number of thiazole rings is 1. The number of likely N-dealkylation sites (tertiary alicyclic amines) is 1. The number of anilines is 2. The van der Waals surface area contributed by atoms with E-state index in [0.717, 1.165) is 42.6 Å². The predicted octanol–water partition coefficient (Wildman–Crippen LogP) is 1.95. The molecule has 3 rings (SSSR count). The molecule has 0 radical (unpaired) electrons. The Bertz CT molecular complexity index is 630. The molecular weight excluding hydrogens is 298 g/mol. The molecule has 2 aromatic heterocycles. The highest BCUT2D eigenvalue weighted by Crippen LogP contribution is 2.30. The predicted molar refractivity (Wildman–Crippen MR) is 87.2 cm³/mol. The lowest BCUT2D eigenvalue weighted by atomic mass is 9.95. The normalized spacial score (nSPS) is 19.0. The van der Waals surface area contributed by atoms with E-state index in [9.17, 15) is 4.79 Å². The molecule has 0 bridgehead atoms. The van der Waals surface area contributed by atoms with Crippen LogP contribution in [0.2, 0.25) is 0 Å². The van der Waals surface area contributed by atoms with Gasteiger partial charge in [0, 0.05) is 24.0 Å². The van der Waals surface area contributed by atoms with Crippen LogP contribution in [0.3, 0.4) is 0 Å². The van der Waals surface area contributed by atoms with Crippen LogP contribution in [0.4, 0.5) is 10.9 Å². The summed E-state index contributed by atoms with van der Waals surface area (Å²) in [7, 11) is 0. The van der Waals surface area contributed by atoms with E-state index >= 15 is 0 Å². The molecule has 1 amide bonds. The molecule has 1 aliphatic rings. The summed E-state index contributed by atoms with van der Waals surface area (Å²) in [4.78, 5) is 22.1. The van der Waals surface area contributed by atoms with Crippen molar-refractivity contribution < 1.29 is 4.79 Å². The first-order valence-electron chi connectivity index (χ1n) is 7.35. The Hall–Kier alpha value is -1.99. The molecule has 0 spiro atoms. The van der Waals surface area contributed by atoms with Crippen LogP contribution in [0.25, 0.3) is 0 Å². The molecule has 116 valence electrons. The zero-order chi connectivity index (χ0) is 15.4. The molecule has 3 heterocycles. The molecule has 0 aromatic carbocycles. The van der Waals surface area contributed by atoms with Crippen molar-refractivity contribution in [1.29, 1.82) is 0 Å². The lowest BCUT2D eigenvalue weighted by molar-refractivity contribution is -0.119. The molecule has 0 saturated carbocycles. The molecule has 6 nitrogen and oxygen atoms in total. The number of nitrogens with one attached hydrogen (secondary N) is 1. The van der Waals surface area contributed by atoms with Crippen LogP contribution in [0.1, 0.15) is 24.5 Å². The molecular formula is C15H19N5OS. The minimum absolute atomic E-state index is 0.267. The summed E-state index contributed by atoms with van der Waals surface area (Å²) >= 11 is 1.58. The zero-order valence-corrected chi connectivity index (χ0v) is 13.1. The highest BCUT2D eigenvalue weighted by atomic mass is 32.1. The Morgan fingerprint density at radius 2 is 2.41 bits per heavy atom. The van der Waals surface area contributed by atoms with E-state index in [1.807, 2.05) is 18.2 Å². The van der Waals surface area contributed by atoms with Crippen LogP contribution in [0.15, 0.2) is 29.8 Å². The van der Waals surface area contributed by atoms with Gasteiger partial charge >= 0.3 is 0 Å². The molecule has 0 unspecified atom stereocenters. The van der Waals surface area contributed by atoms with E-state index in [1.54, 1.807) is 17.5 Å². The maximum atomic E-state index is 11.1. The Morgan fingerprint density at radius 1 is 1.50 bits per heavy atom. The molecule has 1 aliphatic heterocycles. The number of nitrogens with two attached hydrogens (primary N) is 1. The molecule has 3 N–H and O–H groups in total. The van der Waals surface area contributed by atoms with E-state index in [4.69, 9.17) is 5.73 Å². The van der Waals surface area contributed by atoms with Crippen molar-refractivity contribution in [2.45, 2.75) is 18.8 Å². The van der Waals surface area contributed by atoms with Gasteiger partial charge in [-0.2, -0.15) is 0 Å². The minimum Gasteiger partial charge on any atom is -0.369 e. The van der Waals surface area contributed by atoms with Gasteiger partial charge in [-0.15, -0.1) is 11.3 Å². The average molecular weight is 317 g/mol. The summed E-state index contributed by atoms with van der Waals surface area (Å²) in [5.74, 6) is 0.891. The minimum atomic E-state index is -0.267. The highest BCUT2D eigenvalue weighted by Gasteiger charge is 2.24.